The van der Waals surface area contributed by atoms with Crippen molar-refractivity contribution in [2.45, 2.75) is 12.1 Å². The Bertz CT molecular complexity index is 1010. The van der Waals surface area contributed by atoms with Gasteiger partial charge in [-0.15, -0.1) is 0 Å². The molecule has 0 radical (unpaired) electrons. The van der Waals surface area contributed by atoms with Crippen LogP contribution in [0.2, 0.25) is 2.82 Å². The smallest absolute Gasteiger partial charge is 0.215 e. The summed E-state index contributed by atoms with van der Waals surface area (Å²) in [5, 5.41) is 0.145. The highest BCUT2D eigenvalue weighted by molar-refractivity contribution is 7.88. The van der Waals surface area contributed by atoms with Crippen LogP contribution in [0.25, 0.3) is 10.9 Å². The van der Waals surface area contributed by atoms with Crippen LogP contribution in [0.3, 0.4) is 0 Å². The third kappa shape index (κ3) is 3.59. The molecule has 0 atom stereocenters. The minimum atomic E-state index is -3.92. The molecule has 0 bridgehead atoms. The Morgan fingerprint density at radius 2 is 2.35 bits per heavy atom. The monoisotopic (exact) mass is 305 g/mol. The number of hydrogen-bond acceptors (Lipinski definition) is 3. The summed E-state index contributed by atoms with van der Waals surface area (Å²) in [6.45, 7) is -7.18. The van der Waals surface area contributed by atoms with Gasteiger partial charge in [-0.2, -0.15) is 0 Å². The number of aromatic nitrogens is 1. The highest BCUT2D eigenvalue weighted by Crippen LogP contribution is 2.21. The topological polar surface area (TPSA) is 65.2 Å². The highest BCUT2D eigenvalue weighted by Gasteiger charge is 2.11. The Hall–Kier alpha value is -1.37. The number of hydrogen-bond donors (Lipinski definition) is 2. The molecule has 0 fully saturated rings. The van der Waals surface area contributed by atoms with Crippen LogP contribution in [0.15, 0.2) is 24.4 Å². The quantitative estimate of drug-likeness (QED) is 0.846. The molecular weight excluding hydrogens is 274 g/mol. The van der Waals surface area contributed by atoms with E-state index in [0.29, 0.717) is 4.72 Å². The average Bonchev–Trinajstić information content (AvgIpc) is 2.87. The van der Waals surface area contributed by atoms with E-state index in [4.69, 9.17) is 13.8 Å². The lowest BCUT2D eigenvalue weighted by molar-refractivity contribution is 0.414. The maximum absolute atomic E-state index is 12.0. The third-order valence-electron chi connectivity index (χ3n) is 2.74. The van der Waals surface area contributed by atoms with Gasteiger partial charge in [-0.05, 0) is 50.6 Å². The normalized spacial score (nSPS) is 21.9. The highest BCUT2D eigenvalue weighted by atomic mass is 32.2. The van der Waals surface area contributed by atoms with E-state index < -0.39 is 42.6 Å². The molecule has 2 rings (SSSR count). The minimum absolute atomic E-state index is 0.0937. The largest absolute Gasteiger partial charge is 0.361 e. The van der Waals surface area contributed by atoms with Gasteiger partial charge in [0.05, 0.1) is 5.75 Å². The van der Waals surface area contributed by atoms with Crippen LogP contribution in [-0.2, 0) is 22.1 Å². The number of H-pyrrole nitrogens is 1. The predicted molar refractivity (Wildman–Crippen MR) is 82.2 cm³/mol. The number of benzene rings is 1. The number of sulfonamides is 1. The average molecular weight is 305 g/mol. The van der Waals surface area contributed by atoms with Gasteiger partial charge >= 0.3 is 0 Å². The zero-order valence-corrected chi connectivity index (χ0v) is 11.6. The molecule has 0 saturated carbocycles. The number of rotatable bonds is 6. The molecule has 20 heavy (non-hydrogen) atoms. The van der Waals surface area contributed by atoms with Crippen LogP contribution in [0, 0.1) is 0 Å². The molecular formula is C14H21N3O2S. The van der Waals surface area contributed by atoms with Gasteiger partial charge in [0.25, 0.3) is 0 Å². The fraction of sp³-hybridized carbons (Fsp3) is 0.429. The summed E-state index contributed by atoms with van der Waals surface area (Å²) in [5.41, 5.74) is 0.307. The number of nitrogens with one attached hydrogen (secondary N) is 2. The second-order valence-corrected chi connectivity index (χ2v) is 6.01. The standard InChI is InChI=1S/C14H21N3O2S/c1-15-20(18,19)10-11-4-5-14-13(8-11)12(9-16-14)6-7-17(2)3/h4-5,8-9,15-16H,6-7,10H2,1-3H3/i2D3,3D3,6D2/hD2. The molecule has 0 amide bonds. The van der Waals surface area contributed by atoms with Gasteiger partial charge in [0.2, 0.25) is 10.0 Å². The Balaban J connectivity index is 2.55. The lowest BCUT2D eigenvalue weighted by atomic mass is 10.1. The summed E-state index contributed by atoms with van der Waals surface area (Å²) < 4.78 is 101. The van der Waals surface area contributed by atoms with Crippen molar-refractivity contribution < 1.29 is 22.2 Å². The van der Waals surface area contributed by atoms with Crippen molar-refractivity contribution in [3.8, 4) is 0 Å². The van der Waals surface area contributed by atoms with Crippen molar-refractivity contribution in [3.05, 3.63) is 35.5 Å². The van der Waals surface area contributed by atoms with E-state index in [1.165, 1.54) is 18.2 Å². The molecule has 1 aromatic heterocycles. The number of likely N-dealkylation sites (N-methyl/N-ethyl adjacent to an activating group) is 1. The number of aromatic amines is 1. The molecule has 1 heterocycles. The zero-order valence-electron chi connectivity index (χ0n) is 20.8. The number of nitrogens with zero attached hydrogens (tertiary/aromatic N) is 1. The SMILES string of the molecule is [2H]N(C)S(=O)(=O)Cc1ccc2c(c1)c(C([2H])([2H])CN(C([2H])([2H])[2H])C([2H])([2H])[2H])cn2[2H]. The van der Waals surface area contributed by atoms with Crippen LogP contribution >= 0.6 is 0 Å². The van der Waals surface area contributed by atoms with E-state index >= 15 is 0 Å². The minimum Gasteiger partial charge on any atom is -0.361 e. The summed E-state index contributed by atoms with van der Waals surface area (Å²) in [7, 11) is -2.87. The van der Waals surface area contributed by atoms with E-state index in [2.05, 4.69) is 0 Å². The molecule has 0 aliphatic carbocycles. The molecule has 2 N–H and O–H groups in total. The Kier molecular flexibility index (Phi) is 1.96. The van der Waals surface area contributed by atoms with Crippen molar-refractivity contribution in [2.24, 2.45) is 0 Å². The van der Waals surface area contributed by atoms with Crippen LogP contribution in [0.4, 0.5) is 0 Å². The molecule has 5 nitrogen and oxygen atoms in total. The summed E-state index contributed by atoms with van der Waals surface area (Å²) in [5.74, 6) is -0.536. The maximum atomic E-state index is 12.0. The summed E-state index contributed by atoms with van der Waals surface area (Å²) in [4.78, 5) is 0.933. The van der Waals surface area contributed by atoms with Gasteiger partial charge in [0.15, 0.2) is 1.41 Å². The molecule has 2 aromatic rings. The Labute approximate surface area is 134 Å². The van der Waals surface area contributed by atoms with Gasteiger partial charge < -0.3 is 9.88 Å². The first-order chi connectivity index (χ1) is 13.4. The van der Waals surface area contributed by atoms with Crippen molar-refractivity contribution in [1.29, 1.82) is 0 Å². The van der Waals surface area contributed by atoms with Crippen molar-refractivity contribution in [3.63, 3.8) is 0 Å². The van der Waals surface area contributed by atoms with E-state index in [1.807, 2.05) is 0 Å². The molecule has 0 aliphatic heterocycles. The second kappa shape index (κ2) is 5.95. The van der Waals surface area contributed by atoms with Gasteiger partial charge in [0.1, 0.15) is 1.41 Å². The summed E-state index contributed by atoms with van der Waals surface area (Å²) in [6, 6.07) is 4.16. The summed E-state index contributed by atoms with van der Waals surface area (Å²) >= 11 is 0. The second-order valence-electron chi connectivity index (χ2n) is 4.20. The van der Waals surface area contributed by atoms with Gasteiger partial charge in [0, 0.05) is 34.6 Å². The lowest BCUT2D eigenvalue weighted by Crippen LogP contribution is -2.20. The maximum Gasteiger partial charge on any atom is 0.215 e. The first-order valence-electron chi connectivity index (χ1n) is 10.6. The first kappa shape index (κ1) is 6.60. The van der Waals surface area contributed by atoms with Crippen molar-refractivity contribution in [2.75, 3.05) is 27.5 Å². The molecule has 0 spiro atoms. The Morgan fingerprint density at radius 1 is 1.55 bits per heavy atom. The molecule has 0 aliphatic rings. The van der Waals surface area contributed by atoms with Gasteiger partial charge in [-0.1, -0.05) is 6.07 Å². The van der Waals surface area contributed by atoms with Crippen LogP contribution in [0.5, 0.6) is 0 Å². The van der Waals surface area contributed by atoms with E-state index in [9.17, 15) is 8.42 Å². The van der Waals surface area contributed by atoms with Crippen molar-refractivity contribution in [1.82, 2.24) is 14.6 Å². The van der Waals surface area contributed by atoms with Crippen LogP contribution in [-0.4, -0.2) is 45.8 Å². The van der Waals surface area contributed by atoms with Gasteiger partial charge in [-0.3, -0.25) is 0 Å². The van der Waals surface area contributed by atoms with Crippen LogP contribution in [0.1, 0.15) is 22.1 Å². The zero-order chi connectivity index (χ0) is 23.3. The third-order valence-corrected chi connectivity index (χ3v) is 3.99. The Morgan fingerprint density at radius 3 is 3.05 bits per heavy atom. The first-order valence-corrected chi connectivity index (χ1v) is 7.34. The molecule has 1 aromatic carbocycles. The predicted octanol–water partition coefficient (Wildman–Crippen LogP) is 1.32. The molecule has 110 valence electrons. The fourth-order valence-corrected chi connectivity index (χ4v) is 2.52. The fourth-order valence-electron chi connectivity index (χ4n) is 1.79. The summed E-state index contributed by atoms with van der Waals surface area (Å²) in [6.07, 6.45) is -1.40. The number of fused-ring (bicyclic) bond motifs is 1. The molecule has 0 saturated heterocycles. The molecule has 6 heteroatoms. The van der Waals surface area contributed by atoms with Crippen LogP contribution < -0.4 is 4.72 Å². The van der Waals surface area contributed by atoms with E-state index in [1.54, 1.807) is 0 Å². The van der Waals surface area contributed by atoms with E-state index in [0.717, 1.165) is 18.2 Å². The molecule has 0 unspecified atom stereocenters. The van der Waals surface area contributed by atoms with Crippen molar-refractivity contribution >= 4 is 20.9 Å². The van der Waals surface area contributed by atoms with Gasteiger partial charge in [-0.25, -0.2) is 13.1 Å². The van der Waals surface area contributed by atoms with E-state index in [-0.39, 0.29) is 26.9 Å². The lowest BCUT2D eigenvalue weighted by Gasteiger charge is -2.08.